The number of benzene rings is 4. The minimum Gasteiger partial charge on any atom is -0.445 e. The number of hydrogen-bond donors (Lipinski definition) is 19. The molecule has 10 aliphatic rings. The number of nitrogens with two attached hydrogens (primary N) is 6. The largest absolute Gasteiger partial charge is 0.445 e. The van der Waals surface area contributed by atoms with Crippen molar-refractivity contribution in [1.29, 1.82) is 0 Å². The van der Waals surface area contributed by atoms with Crippen molar-refractivity contribution in [3.05, 3.63) is 154 Å². The van der Waals surface area contributed by atoms with Gasteiger partial charge in [0.25, 0.3) is 11.8 Å². The molecule has 46 heteroatoms. The van der Waals surface area contributed by atoms with Gasteiger partial charge in [-0.1, -0.05) is 141 Å². The number of alkyl halides is 4. The van der Waals surface area contributed by atoms with E-state index >= 15 is 8.78 Å². The number of hydrogen-bond acceptors (Lipinski definition) is 38. The molecular weight excluding hydrogens is 1820 g/mol. The summed E-state index contributed by atoms with van der Waals surface area (Å²) in [6.45, 7) is -1.86. The standard InChI is InChI=1S/C62H75F2N5O17.C28H52F2N6O14.CH4/c1-34-27-40(28-42(71)35(2)62(63,64)33-66-69-65)50(72)56(53(34)84-57-41(67-60(75)77-31-36-15-7-3-8-16-36)29-47-45(81-57)25-23-43(79-47)38-19-11-5-12-20-38)86-59-52(74)55(48(30-70)83-59)85-58-49(68-61(76)78-32-37-17-9-4-10-18-37)51(73)54-46(82-58)26-24-44(80-54)39-21-13-6-14-22-39;29-28(30,7-33)24(44)12(39)2-8-1-9(34)21(48-25-10(35)3-11(38)13(4-31)45-25)23(17(8)40)50-27-20(43)22(15(6-37)47-27)49-26-16(36)19(42)18(41)14(5-32)46-26;/h3-22,34-35,40-41,43-59,70,72-74H,23-33H2,1-2H3,(H,67,75)(H,68,76);8-11,13-27,37-38,40-44H,1-7,31-36H2;1H4/t34-,35+,40-,41?,43?,44?,45+,46-,47-,48+,49+,50-,51+,52+,53+,54+,55+,56+,57+,58+,59-;8-,9-,10+,11-,13+,14-,15+,16+,17-,18+,19+,20+,21+,22+,23+,24+,25+,26+,27-;/m00./s1. The van der Waals surface area contributed by atoms with Crippen molar-refractivity contribution >= 4 is 23.8 Å². The molecule has 2 amide bonds. The number of fused-ring (bicyclic) bond motifs is 2. The number of aliphatic hydroxyl groups is 11. The first-order valence-electron chi connectivity index (χ1n) is 45.8. The molecular formula is C91H131F4N11O31. The van der Waals surface area contributed by atoms with Crippen LogP contribution in [-0.2, 0) is 98.6 Å². The Balaban J connectivity index is 0.000000281. The summed E-state index contributed by atoms with van der Waals surface area (Å²) < 4.78 is 157. The van der Waals surface area contributed by atoms with E-state index in [1.807, 2.05) is 84.9 Å². The molecule has 137 heavy (non-hydrogen) atoms. The maximum Gasteiger partial charge on any atom is 0.407 e. The summed E-state index contributed by atoms with van der Waals surface area (Å²) >= 11 is 0. The molecule has 40 atom stereocenters. The Morgan fingerprint density at radius 1 is 0.489 bits per heavy atom. The zero-order valence-corrected chi connectivity index (χ0v) is 74.8. The van der Waals surface area contributed by atoms with Crippen LogP contribution in [0.3, 0.4) is 0 Å². The third kappa shape index (κ3) is 26.2. The molecule has 42 nitrogen and oxygen atoms in total. The number of azide groups is 1. The van der Waals surface area contributed by atoms with Crippen LogP contribution in [0.25, 0.3) is 10.4 Å². The van der Waals surface area contributed by atoms with Gasteiger partial charge in [0.15, 0.2) is 49.6 Å². The quantitative estimate of drug-likeness (QED) is 0.0128. The van der Waals surface area contributed by atoms with Gasteiger partial charge in [0.2, 0.25) is 0 Å². The van der Waals surface area contributed by atoms with Crippen LogP contribution in [-0.4, -0.2) is 340 Å². The monoisotopic (exact) mass is 1950 g/mol. The lowest BCUT2D eigenvalue weighted by atomic mass is 9.73. The van der Waals surface area contributed by atoms with Gasteiger partial charge in [-0.3, -0.25) is 9.59 Å². The highest BCUT2D eigenvalue weighted by molar-refractivity contribution is 5.84. The first kappa shape index (κ1) is 108. The lowest BCUT2D eigenvalue weighted by Crippen LogP contribution is -2.66. The molecule has 14 rings (SSSR count). The summed E-state index contributed by atoms with van der Waals surface area (Å²) in [5.74, 6) is -14.8. The first-order chi connectivity index (χ1) is 65.0. The SMILES string of the molecule is C.C[C@H](C(=O)C[C@@H]1C[C@H](C)[C@@H](O[C@H]2O[C@@H]3CCC(c4ccccc4)O[C@H]3CC2NC(=O)OCc2ccccc2)[C@H](O[C@@H]2O[C@H](CO)[C@@H](O[C@H]3O[C@H]4CCC(c5ccccc5)O[C@H]4[C@H](O)[C@H]3NC(=O)OCc3ccccc3)[C@H]2O)[C@H]1O)C(F)(F)CN=[N+]=[N-].NC[C@@H]1O[C@H](O[C@H]2[C@@H](O)[C@H](O[C@@H]3[C@@H](O)[C@H](CC(=O)[C@@H](O)C(F)(F)CN)C[C@H](N)[C@H]3O[C@H]3O[C@H](CN)[C@@H](O)C[C@H]3N)O[C@@H]2CO)[C@H](N)[C@@H](O)[C@@H]1O. The van der Waals surface area contributed by atoms with Crippen molar-refractivity contribution in [2.75, 3.05) is 39.4 Å². The zero-order valence-electron chi connectivity index (χ0n) is 74.8. The molecule has 3 unspecified atom stereocenters. The van der Waals surface area contributed by atoms with E-state index in [4.69, 9.17) is 116 Å². The number of carbonyl (C=O) groups is 4. The van der Waals surface area contributed by atoms with Crippen LogP contribution in [0.4, 0.5) is 27.2 Å². The summed E-state index contributed by atoms with van der Waals surface area (Å²) in [6, 6.07) is 31.4. The highest BCUT2D eigenvalue weighted by Crippen LogP contribution is 2.47. The van der Waals surface area contributed by atoms with Gasteiger partial charge < -0.3 is 177 Å². The van der Waals surface area contributed by atoms with Crippen LogP contribution in [0.5, 0.6) is 0 Å². The van der Waals surface area contributed by atoms with Gasteiger partial charge in [0.05, 0.1) is 111 Å². The number of amides is 2. The van der Waals surface area contributed by atoms with E-state index in [2.05, 4.69) is 20.7 Å². The van der Waals surface area contributed by atoms with Crippen LogP contribution in [0, 0.1) is 23.7 Å². The van der Waals surface area contributed by atoms with E-state index in [0.717, 1.165) is 23.6 Å². The van der Waals surface area contributed by atoms with Crippen LogP contribution in [0.2, 0.25) is 0 Å². The van der Waals surface area contributed by atoms with Gasteiger partial charge in [-0.05, 0) is 97.4 Å². The summed E-state index contributed by atoms with van der Waals surface area (Å²) in [7, 11) is 0. The molecule has 764 valence electrons. The normalized spacial score (nSPS) is 38.8. The van der Waals surface area contributed by atoms with Gasteiger partial charge in [0.1, 0.15) is 110 Å². The van der Waals surface area contributed by atoms with Crippen LogP contribution >= 0.6 is 0 Å². The molecule has 0 aromatic heterocycles. The van der Waals surface area contributed by atoms with Crippen LogP contribution < -0.4 is 45.0 Å². The molecule has 8 heterocycles. The molecule has 0 spiro atoms. The number of nitrogens with zero attached hydrogens (tertiary/aromatic N) is 3. The maximum absolute atomic E-state index is 15.2. The van der Waals surface area contributed by atoms with Crippen molar-refractivity contribution in [1.82, 2.24) is 10.6 Å². The van der Waals surface area contributed by atoms with Gasteiger partial charge >= 0.3 is 12.2 Å². The number of carbonyl (C=O) groups excluding carboxylic acids is 4. The highest BCUT2D eigenvalue weighted by atomic mass is 19.3. The fraction of sp³-hybridized carbons (Fsp3) is 0.692. The van der Waals surface area contributed by atoms with E-state index < -0.39 is 313 Å². The van der Waals surface area contributed by atoms with Crippen molar-refractivity contribution in [2.45, 2.75) is 331 Å². The molecule has 0 bridgehead atoms. The Kier molecular flexibility index (Phi) is 38.8. The van der Waals surface area contributed by atoms with Gasteiger partial charge in [0, 0.05) is 43.3 Å². The number of aliphatic hydroxyl groups excluding tert-OH is 11. The molecule has 2 saturated carbocycles. The number of ether oxygens (including phenoxy) is 16. The van der Waals surface area contributed by atoms with Crippen molar-refractivity contribution in [2.24, 2.45) is 63.2 Å². The average molecular weight is 1950 g/mol. The second-order valence-corrected chi connectivity index (χ2v) is 36.4. The maximum atomic E-state index is 15.2. The number of nitrogens with one attached hydrogen (secondary N) is 2. The minimum atomic E-state index is -3.95. The molecule has 4 aromatic carbocycles. The third-order valence-corrected chi connectivity index (χ3v) is 27.0. The highest BCUT2D eigenvalue weighted by Gasteiger charge is 2.60. The molecule has 2 aliphatic carbocycles. The summed E-state index contributed by atoms with van der Waals surface area (Å²) in [4.78, 5) is 56.1. The molecule has 0 radical (unpaired) electrons. The summed E-state index contributed by atoms with van der Waals surface area (Å²) in [5, 5.41) is 130. The number of rotatable bonds is 35. The smallest absolute Gasteiger partial charge is 0.407 e. The minimum absolute atomic E-state index is 0. The molecule has 8 saturated heterocycles. The molecule has 10 fully saturated rings. The summed E-state index contributed by atoms with van der Waals surface area (Å²) in [5.41, 5.74) is 47.0. The average Bonchev–Trinajstić information content (AvgIpc) is 1.75. The van der Waals surface area contributed by atoms with Crippen LogP contribution in [0.15, 0.2) is 126 Å². The van der Waals surface area contributed by atoms with Crippen molar-refractivity contribution in [3.63, 3.8) is 0 Å². The van der Waals surface area contributed by atoms with Gasteiger partial charge in [-0.25, -0.2) is 27.2 Å². The number of ketones is 2. The second-order valence-electron chi connectivity index (χ2n) is 36.4. The Hall–Kier alpha value is -7.45. The lowest BCUT2D eigenvalue weighted by Gasteiger charge is -2.49. The number of alkyl carbamates (subject to hydrolysis) is 2. The fourth-order valence-corrected chi connectivity index (χ4v) is 19.3. The topological polar surface area (TPSA) is 667 Å². The van der Waals surface area contributed by atoms with Crippen molar-refractivity contribution in [3.8, 4) is 0 Å². The third-order valence-electron chi connectivity index (χ3n) is 27.0. The van der Waals surface area contributed by atoms with Crippen molar-refractivity contribution < 1.29 is 169 Å². The predicted octanol–water partition coefficient (Wildman–Crippen LogP) is 0.382. The Morgan fingerprint density at radius 2 is 0.964 bits per heavy atom. The Morgan fingerprint density at radius 3 is 1.51 bits per heavy atom. The van der Waals surface area contributed by atoms with E-state index in [-0.39, 0.29) is 65.5 Å². The van der Waals surface area contributed by atoms with E-state index in [0.29, 0.717) is 31.2 Å². The number of Topliss-reactive ketones (excluding diaryl/α,β-unsaturated/α-hetero) is 2. The van der Waals surface area contributed by atoms with E-state index in [1.54, 1.807) is 43.3 Å². The van der Waals surface area contributed by atoms with Crippen LogP contribution in [0.1, 0.15) is 120 Å². The Bertz CT molecular complexity index is 4490. The molecule has 8 aliphatic heterocycles. The first-order valence-corrected chi connectivity index (χ1v) is 45.8. The van der Waals surface area contributed by atoms with Gasteiger partial charge in [-0.2, -0.15) is 0 Å². The molecule has 25 N–H and O–H groups in total. The molecule has 4 aromatic rings. The van der Waals surface area contributed by atoms with E-state index in [9.17, 15) is 84.1 Å². The van der Waals surface area contributed by atoms with Gasteiger partial charge in [-0.15, -0.1) is 0 Å². The fourth-order valence-electron chi connectivity index (χ4n) is 19.3. The predicted molar refractivity (Wildman–Crippen MR) is 468 cm³/mol. The summed E-state index contributed by atoms with van der Waals surface area (Å²) in [6.07, 6.45) is -42.1. The lowest BCUT2D eigenvalue weighted by molar-refractivity contribution is -0.316. The Labute approximate surface area is 787 Å². The van der Waals surface area contributed by atoms with E-state index in [1.165, 1.54) is 0 Å². The second kappa shape index (κ2) is 49.0. The zero-order chi connectivity index (χ0) is 97.7. The number of halogens is 4.